The molecule has 1 aliphatic carbocycles. The molecule has 31 heavy (non-hydrogen) atoms. The zero-order valence-corrected chi connectivity index (χ0v) is 16.0. The molecule has 1 fully saturated rings. The second kappa shape index (κ2) is 7.65. The molecule has 1 saturated carbocycles. The maximum atomic E-state index is 13.3. The Morgan fingerprint density at radius 1 is 0.968 bits per heavy atom. The third-order valence-electron chi connectivity index (χ3n) is 5.78. The van der Waals surface area contributed by atoms with Crippen molar-refractivity contribution in [1.29, 1.82) is 0 Å². The molecule has 3 aromatic heterocycles. The number of H-pyrrole nitrogens is 1. The lowest BCUT2D eigenvalue weighted by molar-refractivity contribution is -0.182. The Kier molecular flexibility index (Phi) is 5.26. The van der Waals surface area contributed by atoms with Gasteiger partial charge in [-0.05, 0) is 49.3 Å². The summed E-state index contributed by atoms with van der Waals surface area (Å²) in [5.41, 5.74) is -0.481. The topological polar surface area (TPSA) is 58.6 Å². The fourth-order valence-electron chi connectivity index (χ4n) is 4.15. The number of halogens is 6. The number of aromatic nitrogens is 3. The molecular formula is C21H17F6N3O. The van der Waals surface area contributed by atoms with Crippen LogP contribution in [-0.4, -0.2) is 21.1 Å². The van der Waals surface area contributed by atoms with Crippen LogP contribution in [0.2, 0.25) is 0 Å². The Morgan fingerprint density at radius 2 is 1.68 bits per heavy atom. The van der Waals surface area contributed by atoms with Gasteiger partial charge in [0.05, 0.1) is 22.5 Å². The predicted molar refractivity (Wildman–Crippen MR) is 101 cm³/mol. The average molecular weight is 441 g/mol. The molecule has 0 saturated heterocycles. The highest BCUT2D eigenvalue weighted by Crippen LogP contribution is 2.45. The number of hydrogen-bond donors (Lipinski definition) is 1. The quantitative estimate of drug-likeness (QED) is 0.509. The first-order valence-electron chi connectivity index (χ1n) is 9.65. The van der Waals surface area contributed by atoms with Crippen molar-refractivity contribution >= 4 is 10.9 Å². The number of aromatic amines is 1. The summed E-state index contributed by atoms with van der Waals surface area (Å²) in [6.45, 7) is 0. The highest BCUT2D eigenvalue weighted by molar-refractivity contribution is 5.81. The summed E-state index contributed by atoms with van der Waals surface area (Å²) in [5, 5.41) is 0.281. The number of hydrogen-bond acceptors (Lipinski definition) is 3. The molecular weight excluding hydrogens is 424 g/mol. The van der Waals surface area contributed by atoms with E-state index < -0.39 is 29.4 Å². The lowest BCUT2D eigenvalue weighted by Crippen LogP contribution is -2.27. The fourth-order valence-corrected chi connectivity index (χ4v) is 4.15. The smallest absolute Gasteiger partial charge is 0.354 e. The highest BCUT2D eigenvalue weighted by atomic mass is 19.4. The van der Waals surface area contributed by atoms with Crippen LogP contribution in [0, 0.1) is 5.92 Å². The summed E-state index contributed by atoms with van der Waals surface area (Å²) in [4.78, 5) is 22.8. The molecule has 0 unspecified atom stereocenters. The van der Waals surface area contributed by atoms with E-state index in [-0.39, 0.29) is 48.2 Å². The molecule has 0 amide bonds. The van der Waals surface area contributed by atoms with Crippen LogP contribution in [0.25, 0.3) is 22.2 Å². The zero-order valence-electron chi connectivity index (χ0n) is 16.0. The zero-order chi connectivity index (χ0) is 22.4. The van der Waals surface area contributed by atoms with E-state index in [4.69, 9.17) is 0 Å². The Morgan fingerprint density at radius 3 is 2.32 bits per heavy atom. The van der Waals surface area contributed by atoms with E-state index in [1.807, 2.05) is 0 Å². The maximum Gasteiger partial charge on any atom is 0.433 e. The van der Waals surface area contributed by atoms with Crippen LogP contribution in [-0.2, 0) is 6.18 Å². The van der Waals surface area contributed by atoms with E-state index >= 15 is 0 Å². The van der Waals surface area contributed by atoms with Crippen LogP contribution in [0.1, 0.15) is 42.9 Å². The van der Waals surface area contributed by atoms with Gasteiger partial charge in [-0.2, -0.15) is 26.3 Å². The minimum Gasteiger partial charge on any atom is -0.354 e. The molecule has 4 rings (SSSR count). The van der Waals surface area contributed by atoms with Crippen LogP contribution < -0.4 is 5.43 Å². The van der Waals surface area contributed by atoms with E-state index in [1.165, 1.54) is 24.5 Å². The number of nitrogens with one attached hydrogen (secondary N) is 1. The van der Waals surface area contributed by atoms with Gasteiger partial charge in [0.2, 0.25) is 0 Å². The van der Waals surface area contributed by atoms with Crippen LogP contribution in [0.4, 0.5) is 26.3 Å². The molecule has 0 aromatic carbocycles. The minimum atomic E-state index is -4.71. The first kappa shape index (κ1) is 21.3. The predicted octanol–water partition coefficient (Wildman–Crippen LogP) is 5.84. The minimum absolute atomic E-state index is 0.103. The van der Waals surface area contributed by atoms with Gasteiger partial charge in [0, 0.05) is 30.2 Å². The van der Waals surface area contributed by atoms with E-state index in [0.717, 1.165) is 12.3 Å². The fraction of sp³-hybridized carbons (Fsp3) is 0.381. The summed E-state index contributed by atoms with van der Waals surface area (Å²) in [5.74, 6) is -1.80. The SMILES string of the molecule is O=c1cc(-c2cc(C(F)(F)F)ncc2[C@H]2CC[C@H](C(F)(F)F)CC2)[nH]c2ccncc12. The summed E-state index contributed by atoms with van der Waals surface area (Å²) < 4.78 is 78.9. The first-order valence-corrected chi connectivity index (χ1v) is 9.65. The van der Waals surface area contributed by atoms with Crippen molar-refractivity contribution in [2.45, 2.75) is 44.0 Å². The molecule has 3 heterocycles. The van der Waals surface area contributed by atoms with Gasteiger partial charge >= 0.3 is 12.4 Å². The van der Waals surface area contributed by atoms with Crippen LogP contribution in [0.15, 0.2) is 41.6 Å². The number of fused-ring (bicyclic) bond motifs is 1. The molecule has 0 radical (unpaired) electrons. The summed E-state index contributed by atoms with van der Waals surface area (Å²) in [6.07, 6.45) is -4.99. The van der Waals surface area contributed by atoms with Crippen molar-refractivity contribution in [3.8, 4) is 11.3 Å². The van der Waals surface area contributed by atoms with Gasteiger partial charge < -0.3 is 4.98 Å². The van der Waals surface area contributed by atoms with Gasteiger partial charge in [0.1, 0.15) is 5.69 Å². The molecule has 10 heteroatoms. The number of nitrogens with zero attached hydrogens (tertiary/aromatic N) is 2. The third kappa shape index (κ3) is 4.28. The Hall–Kier alpha value is -2.91. The molecule has 1 N–H and O–H groups in total. The highest BCUT2D eigenvalue weighted by Gasteiger charge is 2.42. The van der Waals surface area contributed by atoms with Crippen LogP contribution >= 0.6 is 0 Å². The van der Waals surface area contributed by atoms with E-state index in [2.05, 4.69) is 15.0 Å². The Labute approximate surface area is 172 Å². The molecule has 0 spiro atoms. The normalized spacial score (nSPS) is 20.2. The lowest BCUT2D eigenvalue weighted by Gasteiger charge is -2.31. The van der Waals surface area contributed by atoms with Gasteiger partial charge in [0.25, 0.3) is 0 Å². The second-order valence-corrected chi connectivity index (χ2v) is 7.71. The molecule has 3 aromatic rings. The largest absolute Gasteiger partial charge is 0.433 e. The molecule has 1 aliphatic rings. The number of pyridine rings is 3. The maximum absolute atomic E-state index is 13.3. The third-order valence-corrected chi connectivity index (χ3v) is 5.78. The molecule has 0 bridgehead atoms. The van der Waals surface area contributed by atoms with E-state index in [0.29, 0.717) is 11.1 Å². The van der Waals surface area contributed by atoms with Crippen molar-refractivity contribution in [1.82, 2.24) is 15.0 Å². The first-order chi connectivity index (χ1) is 14.5. The summed E-state index contributed by atoms with van der Waals surface area (Å²) in [6, 6.07) is 3.56. The van der Waals surface area contributed by atoms with Gasteiger partial charge in [0.15, 0.2) is 5.43 Å². The molecule has 0 atom stereocenters. The standard InChI is InChI=1S/C21H17F6N3O/c22-20(23,24)12-3-1-11(2-4-12)14-10-29-19(21(25,26)27)7-13(14)17-8-18(31)15-9-28-6-5-16(15)30-17/h5-12H,1-4H2,(H,30,31)/t11-,12-. The van der Waals surface area contributed by atoms with Gasteiger partial charge in [-0.25, -0.2) is 0 Å². The van der Waals surface area contributed by atoms with Crippen LogP contribution in [0.5, 0.6) is 0 Å². The van der Waals surface area contributed by atoms with E-state index in [1.54, 1.807) is 0 Å². The molecule has 164 valence electrons. The van der Waals surface area contributed by atoms with Gasteiger partial charge in [-0.3, -0.25) is 14.8 Å². The number of rotatable bonds is 2. The summed E-state index contributed by atoms with van der Waals surface area (Å²) >= 11 is 0. The van der Waals surface area contributed by atoms with Crippen LogP contribution in [0.3, 0.4) is 0 Å². The van der Waals surface area contributed by atoms with Gasteiger partial charge in [-0.15, -0.1) is 0 Å². The molecule has 4 nitrogen and oxygen atoms in total. The van der Waals surface area contributed by atoms with E-state index in [9.17, 15) is 31.1 Å². The lowest BCUT2D eigenvalue weighted by atomic mass is 9.77. The van der Waals surface area contributed by atoms with Crippen molar-refractivity contribution in [3.05, 3.63) is 58.3 Å². The molecule has 0 aliphatic heterocycles. The second-order valence-electron chi connectivity index (χ2n) is 7.71. The van der Waals surface area contributed by atoms with Crippen molar-refractivity contribution in [2.24, 2.45) is 5.92 Å². The Bertz CT molecular complexity index is 1160. The van der Waals surface area contributed by atoms with Crippen molar-refractivity contribution in [2.75, 3.05) is 0 Å². The van der Waals surface area contributed by atoms with Gasteiger partial charge in [-0.1, -0.05) is 0 Å². The Balaban J connectivity index is 1.80. The monoisotopic (exact) mass is 441 g/mol. The average Bonchev–Trinajstić information content (AvgIpc) is 2.72. The van der Waals surface area contributed by atoms with Crippen molar-refractivity contribution < 1.29 is 26.3 Å². The van der Waals surface area contributed by atoms with Crippen molar-refractivity contribution in [3.63, 3.8) is 0 Å². The summed E-state index contributed by atoms with van der Waals surface area (Å²) in [7, 11) is 0. The number of alkyl halides is 6.